The second kappa shape index (κ2) is 11.4. The SMILES string of the molecule is CCCc1c(C(=O)Nc2sc(C(=O)OC3CCCCC3)c(C)c2C(=O)OCC)sc2ccccc12. The van der Waals surface area contributed by atoms with E-state index in [1.54, 1.807) is 13.8 Å². The van der Waals surface area contributed by atoms with Crippen LogP contribution in [0.3, 0.4) is 0 Å². The van der Waals surface area contributed by atoms with Gasteiger partial charge in [0.25, 0.3) is 5.91 Å². The summed E-state index contributed by atoms with van der Waals surface area (Å²) >= 11 is 2.52. The molecule has 1 amide bonds. The lowest BCUT2D eigenvalue weighted by Gasteiger charge is -2.21. The lowest BCUT2D eigenvalue weighted by atomic mass is 9.98. The van der Waals surface area contributed by atoms with Crippen LogP contribution in [0.25, 0.3) is 10.1 Å². The quantitative estimate of drug-likeness (QED) is 0.324. The van der Waals surface area contributed by atoms with Crippen molar-refractivity contribution >= 4 is 55.6 Å². The van der Waals surface area contributed by atoms with Crippen LogP contribution in [0, 0.1) is 6.92 Å². The number of anilines is 1. The monoisotopic (exact) mass is 513 g/mol. The molecule has 0 unspecified atom stereocenters. The number of nitrogens with one attached hydrogen (secondary N) is 1. The van der Waals surface area contributed by atoms with Crippen LogP contribution in [0.5, 0.6) is 0 Å². The van der Waals surface area contributed by atoms with Gasteiger partial charge >= 0.3 is 11.9 Å². The highest BCUT2D eigenvalue weighted by Gasteiger charge is 2.30. The van der Waals surface area contributed by atoms with Gasteiger partial charge in [0.15, 0.2) is 0 Å². The Balaban J connectivity index is 1.67. The number of hydrogen-bond donors (Lipinski definition) is 1. The average Bonchev–Trinajstić information content (AvgIpc) is 3.38. The van der Waals surface area contributed by atoms with Gasteiger partial charge in [0, 0.05) is 4.70 Å². The molecule has 186 valence electrons. The molecular weight excluding hydrogens is 482 g/mol. The fourth-order valence-electron chi connectivity index (χ4n) is 4.57. The molecule has 3 aromatic rings. The lowest BCUT2D eigenvalue weighted by molar-refractivity contribution is 0.0216. The summed E-state index contributed by atoms with van der Waals surface area (Å²) in [5.74, 6) is -1.29. The predicted molar refractivity (Wildman–Crippen MR) is 141 cm³/mol. The van der Waals surface area contributed by atoms with Crippen molar-refractivity contribution < 1.29 is 23.9 Å². The minimum absolute atomic E-state index is 0.100. The number of amides is 1. The molecule has 1 aromatic carbocycles. The summed E-state index contributed by atoms with van der Waals surface area (Å²) in [7, 11) is 0. The molecule has 0 spiro atoms. The molecule has 0 aliphatic heterocycles. The van der Waals surface area contributed by atoms with Crippen molar-refractivity contribution in [2.75, 3.05) is 11.9 Å². The fraction of sp³-hybridized carbons (Fsp3) is 0.444. The minimum Gasteiger partial charge on any atom is -0.462 e. The first-order chi connectivity index (χ1) is 16.9. The molecule has 0 radical (unpaired) electrons. The van der Waals surface area contributed by atoms with Crippen molar-refractivity contribution in [2.45, 2.75) is 71.8 Å². The van der Waals surface area contributed by atoms with Gasteiger partial charge in [0.05, 0.1) is 17.0 Å². The second-order valence-corrected chi connectivity index (χ2v) is 10.8. The van der Waals surface area contributed by atoms with E-state index in [1.807, 2.05) is 24.3 Å². The van der Waals surface area contributed by atoms with E-state index in [2.05, 4.69) is 12.2 Å². The van der Waals surface area contributed by atoms with Gasteiger partial charge < -0.3 is 14.8 Å². The Labute approximate surface area is 213 Å². The average molecular weight is 514 g/mol. The molecule has 2 heterocycles. The number of ether oxygens (including phenoxy) is 2. The number of esters is 2. The van der Waals surface area contributed by atoms with Crippen molar-refractivity contribution in [3.05, 3.63) is 50.7 Å². The van der Waals surface area contributed by atoms with E-state index in [9.17, 15) is 14.4 Å². The Hall–Kier alpha value is -2.71. The summed E-state index contributed by atoms with van der Waals surface area (Å²) in [5, 5.41) is 4.33. The van der Waals surface area contributed by atoms with Crippen LogP contribution >= 0.6 is 22.7 Å². The van der Waals surface area contributed by atoms with Crippen molar-refractivity contribution in [2.24, 2.45) is 0 Å². The molecule has 8 heteroatoms. The van der Waals surface area contributed by atoms with E-state index in [1.165, 1.54) is 11.3 Å². The van der Waals surface area contributed by atoms with E-state index >= 15 is 0 Å². The summed E-state index contributed by atoms with van der Waals surface area (Å²) in [6.45, 7) is 5.71. The maximum Gasteiger partial charge on any atom is 0.348 e. The molecule has 4 rings (SSSR count). The van der Waals surface area contributed by atoms with E-state index < -0.39 is 11.9 Å². The molecule has 0 atom stereocenters. The molecule has 1 aliphatic rings. The largest absolute Gasteiger partial charge is 0.462 e. The van der Waals surface area contributed by atoms with Gasteiger partial charge in [0.2, 0.25) is 0 Å². The van der Waals surface area contributed by atoms with E-state index in [0.717, 1.165) is 71.9 Å². The van der Waals surface area contributed by atoms with Crippen molar-refractivity contribution in [3.8, 4) is 0 Å². The summed E-state index contributed by atoms with van der Waals surface area (Å²) in [5.41, 5.74) is 1.71. The summed E-state index contributed by atoms with van der Waals surface area (Å²) < 4.78 is 12.1. The van der Waals surface area contributed by atoms with Gasteiger partial charge in [0.1, 0.15) is 16.0 Å². The highest BCUT2D eigenvalue weighted by atomic mass is 32.1. The molecular formula is C27H31NO5S2. The molecule has 1 saturated carbocycles. The summed E-state index contributed by atoms with van der Waals surface area (Å²) in [6, 6.07) is 7.98. The number of carbonyl (C=O) groups excluding carboxylic acids is 3. The zero-order valence-corrected chi connectivity index (χ0v) is 22.0. The number of aryl methyl sites for hydroxylation is 1. The number of hydrogen-bond acceptors (Lipinski definition) is 7. The van der Waals surface area contributed by atoms with E-state index in [-0.39, 0.29) is 24.2 Å². The zero-order valence-electron chi connectivity index (χ0n) is 20.4. The third-order valence-electron chi connectivity index (χ3n) is 6.27. The Kier molecular flexibility index (Phi) is 8.23. The Morgan fingerprint density at radius 2 is 1.74 bits per heavy atom. The molecule has 6 nitrogen and oxygen atoms in total. The van der Waals surface area contributed by atoms with Crippen LogP contribution < -0.4 is 5.32 Å². The van der Waals surface area contributed by atoms with Crippen LogP contribution in [-0.4, -0.2) is 30.6 Å². The van der Waals surface area contributed by atoms with Crippen molar-refractivity contribution in [3.63, 3.8) is 0 Å². The first-order valence-corrected chi connectivity index (χ1v) is 13.9. The maximum absolute atomic E-state index is 13.5. The van der Waals surface area contributed by atoms with E-state index in [4.69, 9.17) is 9.47 Å². The fourth-order valence-corrected chi connectivity index (χ4v) is 6.79. The number of thiophene rings is 2. The standard InChI is InChI=1S/C27H31NO5S2/c1-4-11-19-18-14-9-10-15-20(18)34-23(19)24(29)28-25-21(26(30)32-5-2)16(3)22(35-25)27(31)33-17-12-7-6-8-13-17/h9-10,14-15,17H,4-8,11-13H2,1-3H3,(H,28,29). The van der Waals surface area contributed by atoms with Crippen LogP contribution in [0.15, 0.2) is 24.3 Å². The normalized spacial score (nSPS) is 14.1. The Bertz CT molecular complexity index is 1240. The van der Waals surface area contributed by atoms with Crippen molar-refractivity contribution in [1.82, 2.24) is 0 Å². The minimum atomic E-state index is -0.557. The number of benzene rings is 1. The summed E-state index contributed by atoms with van der Waals surface area (Å²) in [6.07, 6.45) is 6.56. The molecule has 1 aliphatic carbocycles. The van der Waals surface area contributed by atoms with Crippen LogP contribution in [0.4, 0.5) is 5.00 Å². The molecule has 1 fully saturated rings. The van der Waals surface area contributed by atoms with Gasteiger partial charge in [-0.25, -0.2) is 9.59 Å². The van der Waals surface area contributed by atoms with Gasteiger partial charge in [-0.1, -0.05) is 38.0 Å². The zero-order chi connectivity index (χ0) is 24.9. The highest BCUT2D eigenvalue weighted by Crippen LogP contribution is 2.37. The molecule has 0 bridgehead atoms. The van der Waals surface area contributed by atoms with Crippen molar-refractivity contribution in [1.29, 1.82) is 0 Å². The molecule has 0 saturated heterocycles. The Morgan fingerprint density at radius 1 is 1.00 bits per heavy atom. The molecule has 1 N–H and O–H groups in total. The third kappa shape index (κ3) is 5.43. The van der Waals surface area contributed by atoms with Gasteiger partial charge in [-0.2, -0.15) is 0 Å². The maximum atomic E-state index is 13.5. The predicted octanol–water partition coefficient (Wildman–Crippen LogP) is 7.14. The summed E-state index contributed by atoms with van der Waals surface area (Å²) in [4.78, 5) is 40.3. The first kappa shape index (κ1) is 25.4. The van der Waals surface area contributed by atoms with Crippen LogP contribution in [-0.2, 0) is 15.9 Å². The van der Waals surface area contributed by atoms with Gasteiger partial charge in [-0.15, -0.1) is 22.7 Å². The number of fused-ring (bicyclic) bond motifs is 1. The third-order valence-corrected chi connectivity index (χ3v) is 8.67. The van der Waals surface area contributed by atoms with Gasteiger partial charge in [-0.3, -0.25) is 4.79 Å². The molecule has 35 heavy (non-hydrogen) atoms. The highest BCUT2D eigenvalue weighted by molar-refractivity contribution is 7.21. The smallest absolute Gasteiger partial charge is 0.348 e. The molecule has 2 aromatic heterocycles. The van der Waals surface area contributed by atoms with Gasteiger partial charge in [-0.05, 0) is 68.5 Å². The van der Waals surface area contributed by atoms with Crippen LogP contribution in [0.1, 0.15) is 93.2 Å². The first-order valence-electron chi connectivity index (χ1n) is 12.3. The topological polar surface area (TPSA) is 81.7 Å². The van der Waals surface area contributed by atoms with E-state index in [0.29, 0.717) is 20.3 Å². The lowest BCUT2D eigenvalue weighted by Crippen LogP contribution is -2.21. The Morgan fingerprint density at radius 3 is 2.46 bits per heavy atom. The van der Waals surface area contributed by atoms with Crippen LogP contribution in [0.2, 0.25) is 0 Å². The number of carbonyl (C=O) groups is 3. The second-order valence-electron chi connectivity index (χ2n) is 8.76. The number of rotatable bonds is 8.